The first-order chi connectivity index (χ1) is 17.4. The van der Waals surface area contributed by atoms with Gasteiger partial charge >= 0.3 is 5.63 Å². The van der Waals surface area contributed by atoms with E-state index in [0.29, 0.717) is 21.7 Å². The number of furan rings is 1. The zero-order valence-corrected chi connectivity index (χ0v) is 18.6. The zero-order valence-electron chi connectivity index (χ0n) is 18.6. The van der Waals surface area contributed by atoms with Gasteiger partial charge in [-0.2, -0.15) is 0 Å². The third-order valence-corrected chi connectivity index (χ3v) is 6.55. The summed E-state index contributed by atoms with van der Waals surface area (Å²) < 4.78 is 44.2. The van der Waals surface area contributed by atoms with Gasteiger partial charge in [0, 0.05) is 35.6 Å². The maximum Gasteiger partial charge on any atom is 0.362 e. The molecule has 0 N–H and O–H groups in total. The first-order valence-electron chi connectivity index (χ1n) is 11.0. The summed E-state index contributed by atoms with van der Waals surface area (Å²) in [5, 5.41) is 1.94. The number of halogens is 2. The molecule has 0 bridgehead atoms. The average molecular weight is 484 g/mol. The van der Waals surface area contributed by atoms with Crippen LogP contribution in [-0.2, 0) is 13.6 Å². The highest BCUT2D eigenvalue weighted by molar-refractivity contribution is 6.25. The topological polar surface area (TPSA) is 96.1 Å². The predicted octanol–water partition coefficient (Wildman–Crippen LogP) is 4.62. The highest BCUT2D eigenvalue weighted by Crippen LogP contribution is 2.39. The van der Waals surface area contributed by atoms with Crippen LogP contribution in [-0.4, -0.2) is 19.1 Å². The highest BCUT2D eigenvalue weighted by Gasteiger charge is 2.24. The van der Waals surface area contributed by atoms with Gasteiger partial charge in [-0.1, -0.05) is 0 Å². The molecule has 2 aromatic carbocycles. The summed E-state index contributed by atoms with van der Waals surface area (Å²) in [5.74, 6) is -1.18. The fourth-order valence-electron chi connectivity index (χ4n) is 4.91. The third-order valence-electron chi connectivity index (χ3n) is 6.55. The van der Waals surface area contributed by atoms with Crippen LogP contribution in [0.5, 0.6) is 0 Å². The minimum absolute atomic E-state index is 0.104. The lowest BCUT2D eigenvalue weighted by molar-refractivity contribution is 0.552. The summed E-state index contributed by atoms with van der Waals surface area (Å²) in [6, 6.07) is 8.80. The third kappa shape index (κ3) is 2.66. The van der Waals surface area contributed by atoms with E-state index in [9.17, 15) is 9.59 Å². The molecule has 0 saturated carbocycles. The summed E-state index contributed by atoms with van der Waals surface area (Å²) in [7, 11) is 1.55. The number of fused-ring (bicyclic) bond motifs is 8. The summed E-state index contributed by atoms with van der Waals surface area (Å²) in [5.41, 5.74) is 0.0545. The first-order valence-corrected chi connectivity index (χ1v) is 11.0. The molecule has 0 atom stereocenters. The molecular weight excluding hydrogens is 470 g/mol. The quantitative estimate of drug-likeness (QED) is 0.356. The standard InChI is InChI=1S/C26H14F2N4O4/c1-31-11-30-18-8-16(27)12(7-15(18)25(31)33)10-32-19-9-17(28)13-4-6-35-23(13)21(19)20-14-3-2-5-29-24(14)36-26(34)22(20)32/h2-9,11H,10H2,1H3. The van der Waals surface area contributed by atoms with Crippen LogP contribution in [0.15, 0.2) is 73.6 Å². The van der Waals surface area contributed by atoms with Crippen molar-refractivity contribution in [3.8, 4) is 0 Å². The molecule has 176 valence electrons. The molecule has 7 aromatic rings. The van der Waals surface area contributed by atoms with Crippen molar-refractivity contribution in [2.75, 3.05) is 0 Å². The Morgan fingerprint density at radius 3 is 2.69 bits per heavy atom. The Morgan fingerprint density at radius 2 is 1.83 bits per heavy atom. The first kappa shape index (κ1) is 20.5. The Hall–Kier alpha value is -4.86. The second-order valence-corrected chi connectivity index (χ2v) is 8.59. The van der Waals surface area contributed by atoms with E-state index in [1.165, 1.54) is 52.2 Å². The summed E-state index contributed by atoms with van der Waals surface area (Å²) >= 11 is 0. The van der Waals surface area contributed by atoms with E-state index in [4.69, 9.17) is 8.83 Å². The second-order valence-electron chi connectivity index (χ2n) is 8.59. The van der Waals surface area contributed by atoms with Crippen molar-refractivity contribution in [3.63, 3.8) is 0 Å². The Bertz CT molecular complexity index is 2170. The lowest BCUT2D eigenvalue weighted by Crippen LogP contribution is -2.17. The molecule has 7 rings (SSSR count). The van der Waals surface area contributed by atoms with Crippen molar-refractivity contribution < 1.29 is 17.6 Å². The Labute approximate surface area is 198 Å². The minimum atomic E-state index is -0.716. The highest BCUT2D eigenvalue weighted by atomic mass is 19.1. The molecule has 0 aliphatic rings. The molecule has 0 aliphatic carbocycles. The van der Waals surface area contributed by atoms with E-state index in [-0.39, 0.29) is 50.8 Å². The fourth-order valence-corrected chi connectivity index (χ4v) is 4.91. The van der Waals surface area contributed by atoms with Gasteiger partial charge in [-0.15, -0.1) is 0 Å². The van der Waals surface area contributed by atoms with Crippen LogP contribution >= 0.6 is 0 Å². The predicted molar refractivity (Wildman–Crippen MR) is 129 cm³/mol. The van der Waals surface area contributed by atoms with E-state index < -0.39 is 17.3 Å². The molecule has 0 spiro atoms. The van der Waals surface area contributed by atoms with Gasteiger partial charge in [0.1, 0.15) is 22.7 Å². The number of hydrogen-bond donors (Lipinski definition) is 0. The maximum atomic E-state index is 15.2. The number of rotatable bonds is 2. The molecule has 0 fully saturated rings. The lowest BCUT2D eigenvalue weighted by atomic mass is 10.1. The van der Waals surface area contributed by atoms with Crippen LogP contribution in [0.4, 0.5) is 8.78 Å². The van der Waals surface area contributed by atoms with Crippen LogP contribution in [0.1, 0.15) is 5.56 Å². The number of aromatic nitrogens is 4. The summed E-state index contributed by atoms with van der Waals surface area (Å²) in [6.45, 7) is -0.179. The second kappa shape index (κ2) is 7.08. The van der Waals surface area contributed by atoms with Crippen molar-refractivity contribution in [2.45, 2.75) is 6.54 Å². The molecule has 8 nitrogen and oxygen atoms in total. The summed E-state index contributed by atoms with van der Waals surface area (Å²) in [4.78, 5) is 34.1. The van der Waals surface area contributed by atoms with E-state index in [0.717, 1.165) is 0 Å². The smallest absolute Gasteiger partial charge is 0.362 e. The van der Waals surface area contributed by atoms with Gasteiger partial charge in [0.2, 0.25) is 5.71 Å². The molecular formula is C26H14F2N4O4. The van der Waals surface area contributed by atoms with E-state index in [2.05, 4.69) is 9.97 Å². The fraction of sp³-hybridized carbons (Fsp3) is 0.0769. The summed E-state index contributed by atoms with van der Waals surface area (Å²) in [6.07, 6.45) is 4.18. The van der Waals surface area contributed by atoms with Crippen molar-refractivity contribution >= 4 is 54.8 Å². The van der Waals surface area contributed by atoms with Gasteiger partial charge in [-0.3, -0.25) is 4.79 Å². The molecule has 0 unspecified atom stereocenters. The van der Waals surface area contributed by atoms with Crippen LogP contribution in [0, 0.1) is 11.6 Å². The Balaban J connectivity index is 1.64. The molecule has 0 aliphatic heterocycles. The van der Waals surface area contributed by atoms with E-state index in [1.54, 1.807) is 19.2 Å². The van der Waals surface area contributed by atoms with Gasteiger partial charge in [-0.05, 0) is 30.3 Å². The Morgan fingerprint density at radius 1 is 0.972 bits per heavy atom. The van der Waals surface area contributed by atoms with Gasteiger partial charge in [0.05, 0.1) is 46.3 Å². The van der Waals surface area contributed by atoms with E-state index >= 15 is 8.78 Å². The van der Waals surface area contributed by atoms with Gasteiger partial charge < -0.3 is 18.0 Å². The monoisotopic (exact) mass is 484 g/mol. The van der Waals surface area contributed by atoms with Crippen LogP contribution in [0.2, 0.25) is 0 Å². The van der Waals surface area contributed by atoms with Crippen molar-refractivity contribution in [2.24, 2.45) is 7.05 Å². The number of hydrogen-bond acceptors (Lipinski definition) is 6. The van der Waals surface area contributed by atoms with E-state index in [1.807, 2.05) is 0 Å². The number of benzene rings is 2. The molecule has 36 heavy (non-hydrogen) atoms. The van der Waals surface area contributed by atoms with Crippen LogP contribution in [0.25, 0.3) is 54.8 Å². The number of nitrogens with zero attached hydrogens (tertiary/aromatic N) is 4. The van der Waals surface area contributed by atoms with Crippen LogP contribution < -0.4 is 11.2 Å². The number of aryl methyl sites for hydroxylation is 1. The minimum Gasteiger partial charge on any atom is -0.463 e. The lowest BCUT2D eigenvalue weighted by Gasteiger charge is -2.10. The van der Waals surface area contributed by atoms with Crippen molar-refractivity contribution in [3.05, 3.63) is 93.2 Å². The van der Waals surface area contributed by atoms with Gasteiger partial charge in [-0.25, -0.2) is 23.5 Å². The molecule has 5 aromatic heterocycles. The SMILES string of the molecule is Cn1cnc2cc(F)c(Cn3c4cc(F)c5ccoc5c4c4c5cccnc5oc(=O)c43)cc2c1=O. The van der Waals surface area contributed by atoms with Gasteiger partial charge in [0.25, 0.3) is 5.56 Å². The molecule has 0 saturated heterocycles. The normalized spacial score (nSPS) is 12.1. The van der Waals surface area contributed by atoms with Crippen molar-refractivity contribution in [1.82, 2.24) is 19.1 Å². The number of pyridine rings is 1. The molecule has 0 radical (unpaired) electrons. The molecule has 10 heteroatoms. The maximum absolute atomic E-state index is 15.2. The zero-order chi connectivity index (χ0) is 24.7. The molecule has 0 amide bonds. The van der Waals surface area contributed by atoms with Crippen molar-refractivity contribution in [1.29, 1.82) is 0 Å². The van der Waals surface area contributed by atoms with Crippen LogP contribution in [0.3, 0.4) is 0 Å². The molecule has 5 heterocycles. The largest absolute Gasteiger partial charge is 0.463 e. The van der Waals surface area contributed by atoms with Gasteiger partial charge in [0.15, 0.2) is 0 Å². The Kier molecular flexibility index (Phi) is 4.03. The average Bonchev–Trinajstić information content (AvgIpc) is 3.47.